The maximum Gasteiger partial charge on any atom is 0.185 e. The lowest BCUT2D eigenvalue weighted by atomic mass is 10.2. The number of anilines is 2. The fourth-order valence-electron chi connectivity index (χ4n) is 1.74. The van der Waals surface area contributed by atoms with Gasteiger partial charge in [-0.15, -0.1) is 0 Å². The zero-order chi connectivity index (χ0) is 12.1. The van der Waals surface area contributed by atoms with Gasteiger partial charge in [-0.1, -0.05) is 0 Å². The van der Waals surface area contributed by atoms with Crippen LogP contribution in [0.4, 0.5) is 11.4 Å². The van der Waals surface area contributed by atoms with Crippen molar-refractivity contribution < 1.29 is 4.74 Å². The molecule has 1 fully saturated rings. The molecule has 2 rings (SSSR count). The number of rotatable bonds is 2. The van der Waals surface area contributed by atoms with Crippen molar-refractivity contribution in [3.63, 3.8) is 0 Å². The van der Waals surface area contributed by atoms with Crippen LogP contribution in [-0.2, 0) is 4.74 Å². The Morgan fingerprint density at radius 2 is 1.88 bits per heavy atom. The van der Waals surface area contributed by atoms with Gasteiger partial charge in [-0.05, 0) is 36.5 Å². The molecular formula is C11H16N4OS. The number of benzene rings is 1. The first kappa shape index (κ1) is 12.1. The van der Waals surface area contributed by atoms with Gasteiger partial charge in [-0.3, -0.25) is 0 Å². The highest BCUT2D eigenvalue weighted by molar-refractivity contribution is 7.80. The maximum absolute atomic E-state index is 5.32. The number of morpholine rings is 1. The molecule has 0 radical (unpaired) electrons. The second kappa shape index (κ2) is 5.81. The van der Waals surface area contributed by atoms with Crippen molar-refractivity contribution in [2.75, 3.05) is 36.5 Å². The Hall–Kier alpha value is -1.37. The summed E-state index contributed by atoms with van der Waals surface area (Å²) in [5.74, 6) is 5.19. The summed E-state index contributed by atoms with van der Waals surface area (Å²) in [7, 11) is 0. The van der Waals surface area contributed by atoms with Gasteiger partial charge in [0.1, 0.15) is 0 Å². The second-order valence-electron chi connectivity index (χ2n) is 3.74. The van der Waals surface area contributed by atoms with E-state index in [0.717, 1.165) is 32.0 Å². The lowest BCUT2D eigenvalue weighted by Crippen LogP contribution is -2.36. The average molecular weight is 252 g/mol. The number of nitrogens with zero attached hydrogens (tertiary/aromatic N) is 1. The van der Waals surface area contributed by atoms with Crippen molar-refractivity contribution in [3.05, 3.63) is 24.3 Å². The fourth-order valence-corrected chi connectivity index (χ4v) is 1.86. The van der Waals surface area contributed by atoms with Crippen LogP contribution in [0.2, 0.25) is 0 Å². The molecule has 1 aliphatic rings. The minimum absolute atomic E-state index is 0.407. The third kappa shape index (κ3) is 3.29. The summed E-state index contributed by atoms with van der Waals surface area (Å²) in [5.41, 5.74) is 4.51. The highest BCUT2D eigenvalue weighted by atomic mass is 32.1. The van der Waals surface area contributed by atoms with Crippen LogP contribution in [0.15, 0.2) is 24.3 Å². The molecule has 0 saturated carbocycles. The van der Waals surface area contributed by atoms with Crippen molar-refractivity contribution in [1.82, 2.24) is 5.43 Å². The molecule has 1 heterocycles. The summed E-state index contributed by atoms with van der Waals surface area (Å²) in [6.07, 6.45) is 0. The predicted molar refractivity (Wildman–Crippen MR) is 73.0 cm³/mol. The van der Waals surface area contributed by atoms with Gasteiger partial charge in [0.25, 0.3) is 0 Å². The van der Waals surface area contributed by atoms with Gasteiger partial charge in [-0.2, -0.15) is 0 Å². The molecule has 17 heavy (non-hydrogen) atoms. The lowest BCUT2D eigenvalue weighted by molar-refractivity contribution is 0.122. The van der Waals surface area contributed by atoms with Crippen molar-refractivity contribution in [1.29, 1.82) is 0 Å². The van der Waals surface area contributed by atoms with Crippen LogP contribution in [0, 0.1) is 0 Å². The van der Waals surface area contributed by atoms with E-state index < -0.39 is 0 Å². The second-order valence-corrected chi connectivity index (χ2v) is 4.15. The zero-order valence-electron chi connectivity index (χ0n) is 9.48. The van der Waals surface area contributed by atoms with E-state index in [4.69, 9.17) is 22.8 Å². The number of nitrogens with two attached hydrogens (primary N) is 1. The van der Waals surface area contributed by atoms with Gasteiger partial charge >= 0.3 is 0 Å². The van der Waals surface area contributed by atoms with Gasteiger partial charge in [0, 0.05) is 24.5 Å². The van der Waals surface area contributed by atoms with Crippen LogP contribution in [0.1, 0.15) is 0 Å². The zero-order valence-corrected chi connectivity index (χ0v) is 10.3. The summed E-state index contributed by atoms with van der Waals surface area (Å²) in [4.78, 5) is 2.30. The van der Waals surface area contributed by atoms with Crippen LogP contribution in [-0.4, -0.2) is 31.4 Å². The highest BCUT2D eigenvalue weighted by Gasteiger charge is 2.10. The normalized spacial score (nSPS) is 15.5. The Morgan fingerprint density at radius 3 is 2.47 bits per heavy atom. The van der Waals surface area contributed by atoms with E-state index in [9.17, 15) is 0 Å². The molecule has 0 amide bonds. The number of hydrazine groups is 1. The number of hydrogen-bond donors (Lipinski definition) is 3. The number of ether oxygens (including phenoxy) is 1. The van der Waals surface area contributed by atoms with Gasteiger partial charge < -0.3 is 20.4 Å². The molecule has 4 N–H and O–H groups in total. The first-order valence-corrected chi connectivity index (χ1v) is 5.91. The molecule has 92 valence electrons. The third-order valence-electron chi connectivity index (χ3n) is 2.63. The lowest BCUT2D eigenvalue weighted by Gasteiger charge is -2.28. The molecule has 0 aromatic heterocycles. The van der Waals surface area contributed by atoms with Gasteiger partial charge in [0.2, 0.25) is 0 Å². The van der Waals surface area contributed by atoms with E-state index in [1.165, 1.54) is 5.69 Å². The molecule has 5 nitrogen and oxygen atoms in total. The van der Waals surface area contributed by atoms with Crippen LogP contribution in [0.5, 0.6) is 0 Å². The number of hydrogen-bond acceptors (Lipinski definition) is 4. The molecule has 6 heteroatoms. The number of nitrogens with one attached hydrogen (secondary N) is 2. The summed E-state index contributed by atoms with van der Waals surface area (Å²) in [6, 6.07) is 8.09. The molecule has 1 saturated heterocycles. The Bertz CT molecular complexity index is 376. The highest BCUT2D eigenvalue weighted by Crippen LogP contribution is 2.18. The Morgan fingerprint density at radius 1 is 1.24 bits per heavy atom. The summed E-state index contributed by atoms with van der Waals surface area (Å²) in [5, 5.41) is 3.38. The van der Waals surface area contributed by atoms with Crippen molar-refractivity contribution in [3.8, 4) is 0 Å². The molecule has 0 spiro atoms. The molecule has 1 aliphatic heterocycles. The third-order valence-corrected chi connectivity index (χ3v) is 2.85. The molecule has 1 aromatic rings. The quantitative estimate of drug-likeness (QED) is 0.409. The van der Waals surface area contributed by atoms with Crippen LogP contribution < -0.4 is 21.5 Å². The molecule has 0 atom stereocenters. The van der Waals surface area contributed by atoms with E-state index in [1.54, 1.807) is 0 Å². The Labute approximate surface area is 106 Å². The van der Waals surface area contributed by atoms with Crippen LogP contribution in [0.3, 0.4) is 0 Å². The SMILES string of the molecule is NNC(=S)Nc1ccc(N2CCOCC2)cc1. The van der Waals surface area contributed by atoms with Crippen LogP contribution >= 0.6 is 12.2 Å². The Kier molecular flexibility index (Phi) is 4.13. The summed E-state index contributed by atoms with van der Waals surface area (Å²) >= 11 is 4.92. The van der Waals surface area contributed by atoms with E-state index >= 15 is 0 Å². The van der Waals surface area contributed by atoms with Crippen molar-refractivity contribution >= 4 is 28.7 Å². The first-order valence-electron chi connectivity index (χ1n) is 5.50. The molecule has 0 unspecified atom stereocenters. The summed E-state index contributed by atoms with van der Waals surface area (Å²) < 4.78 is 5.32. The van der Waals surface area contributed by atoms with Crippen molar-refractivity contribution in [2.45, 2.75) is 0 Å². The van der Waals surface area contributed by atoms with Crippen molar-refractivity contribution in [2.24, 2.45) is 5.84 Å². The molecular weight excluding hydrogens is 236 g/mol. The maximum atomic E-state index is 5.32. The van der Waals surface area contributed by atoms with E-state index in [0.29, 0.717) is 5.11 Å². The monoisotopic (exact) mass is 252 g/mol. The standard InChI is InChI=1S/C11H16N4OS/c12-14-11(17)13-9-1-3-10(4-2-9)15-5-7-16-8-6-15/h1-4H,5-8,12H2,(H2,13,14,17). The van der Waals surface area contributed by atoms with Gasteiger partial charge in [-0.25, -0.2) is 5.84 Å². The van der Waals surface area contributed by atoms with Gasteiger partial charge in [0.15, 0.2) is 5.11 Å². The minimum atomic E-state index is 0.407. The fraction of sp³-hybridized carbons (Fsp3) is 0.364. The Balaban J connectivity index is 1.99. The molecule has 0 bridgehead atoms. The van der Waals surface area contributed by atoms with E-state index in [-0.39, 0.29) is 0 Å². The molecule has 0 aliphatic carbocycles. The first-order chi connectivity index (χ1) is 8.29. The van der Waals surface area contributed by atoms with Crippen LogP contribution in [0.25, 0.3) is 0 Å². The van der Waals surface area contributed by atoms with E-state index in [1.807, 2.05) is 12.1 Å². The number of thiocarbonyl (C=S) groups is 1. The van der Waals surface area contributed by atoms with E-state index in [2.05, 4.69) is 27.8 Å². The topological polar surface area (TPSA) is 62.5 Å². The predicted octanol–water partition coefficient (Wildman–Crippen LogP) is 0.683. The molecule has 1 aromatic carbocycles. The minimum Gasteiger partial charge on any atom is -0.378 e. The van der Waals surface area contributed by atoms with Gasteiger partial charge in [0.05, 0.1) is 13.2 Å². The smallest absolute Gasteiger partial charge is 0.185 e. The summed E-state index contributed by atoms with van der Waals surface area (Å²) in [6.45, 7) is 3.47. The largest absolute Gasteiger partial charge is 0.378 e. The average Bonchev–Trinajstić information content (AvgIpc) is 2.40.